The molecule has 6 heteroatoms. The van der Waals surface area contributed by atoms with Gasteiger partial charge in [0.05, 0.1) is 5.69 Å². The van der Waals surface area contributed by atoms with Gasteiger partial charge in [-0.15, -0.1) is 11.3 Å². The maximum atomic E-state index is 12.0. The van der Waals surface area contributed by atoms with Crippen molar-refractivity contribution in [1.82, 2.24) is 9.97 Å². The smallest absolute Gasteiger partial charge is 0.325 e. The fraction of sp³-hybridized carbons (Fsp3) is 0.200. The zero-order valence-corrected chi connectivity index (χ0v) is 12.6. The second kappa shape index (κ2) is 5.57. The number of nitrogens with zero attached hydrogens (tertiary/aromatic N) is 1. The van der Waals surface area contributed by atoms with Crippen molar-refractivity contribution in [3.05, 3.63) is 41.5 Å². The lowest BCUT2D eigenvalue weighted by Gasteiger charge is -2.04. The molecule has 2 heterocycles. The molecule has 0 unspecified atom stereocenters. The fourth-order valence-corrected chi connectivity index (χ4v) is 2.85. The third-order valence-corrected chi connectivity index (χ3v) is 4.36. The molecule has 2 aromatic heterocycles. The quantitative estimate of drug-likeness (QED) is 0.671. The molecule has 3 N–H and O–H groups in total. The van der Waals surface area contributed by atoms with Gasteiger partial charge >= 0.3 is 6.03 Å². The summed E-state index contributed by atoms with van der Waals surface area (Å²) in [4.78, 5) is 20.5. The minimum absolute atomic E-state index is 0.288. The van der Waals surface area contributed by atoms with Gasteiger partial charge in [-0.3, -0.25) is 5.32 Å². The van der Waals surface area contributed by atoms with E-state index in [-0.39, 0.29) is 6.03 Å². The molecule has 0 saturated carbocycles. The van der Waals surface area contributed by atoms with E-state index in [0.29, 0.717) is 11.0 Å². The third-order valence-electron chi connectivity index (χ3n) is 3.15. The number of thiazole rings is 1. The van der Waals surface area contributed by atoms with Crippen LogP contribution in [0.1, 0.15) is 24.6 Å². The van der Waals surface area contributed by atoms with Crippen LogP contribution in [0.4, 0.5) is 15.6 Å². The summed E-state index contributed by atoms with van der Waals surface area (Å²) >= 11 is 1.49. The lowest BCUT2D eigenvalue weighted by Crippen LogP contribution is -2.18. The minimum Gasteiger partial charge on any atom is -0.359 e. The van der Waals surface area contributed by atoms with Crippen molar-refractivity contribution >= 4 is 39.1 Å². The molecule has 5 nitrogen and oxygen atoms in total. The van der Waals surface area contributed by atoms with Gasteiger partial charge in [-0.1, -0.05) is 32.0 Å². The molecule has 21 heavy (non-hydrogen) atoms. The molecule has 3 rings (SSSR count). The minimum atomic E-state index is -0.288. The van der Waals surface area contributed by atoms with Crippen molar-refractivity contribution in [2.24, 2.45) is 0 Å². The average molecular weight is 300 g/mol. The Bertz CT molecular complexity index is 775. The molecule has 0 bridgehead atoms. The van der Waals surface area contributed by atoms with Crippen LogP contribution in [-0.4, -0.2) is 16.0 Å². The van der Waals surface area contributed by atoms with Crippen molar-refractivity contribution in [2.45, 2.75) is 19.8 Å². The normalized spacial score (nSPS) is 11.0. The first-order valence-corrected chi connectivity index (χ1v) is 7.55. The number of anilines is 2. The zero-order chi connectivity index (χ0) is 14.8. The Morgan fingerprint density at radius 3 is 2.86 bits per heavy atom. The second-order valence-corrected chi connectivity index (χ2v) is 6.11. The topological polar surface area (TPSA) is 69.8 Å². The maximum absolute atomic E-state index is 12.0. The number of carbonyl (C=O) groups is 1. The van der Waals surface area contributed by atoms with Crippen molar-refractivity contribution in [3.63, 3.8) is 0 Å². The number of aromatic nitrogens is 2. The van der Waals surface area contributed by atoms with Gasteiger partial charge in [0.2, 0.25) is 0 Å². The summed E-state index contributed by atoms with van der Waals surface area (Å²) in [5, 5.41) is 7.19. The number of amides is 2. The first kappa shape index (κ1) is 13.6. The number of rotatable bonds is 3. The Balaban J connectivity index is 1.71. The van der Waals surface area contributed by atoms with Crippen molar-refractivity contribution in [3.8, 4) is 0 Å². The summed E-state index contributed by atoms with van der Waals surface area (Å²) in [6.45, 7) is 4.20. The van der Waals surface area contributed by atoms with Gasteiger partial charge in [0, 0.05) is 28.2 Å². The second-order valence-electron chi connectivity index (χ2n) is 5.05. The molecule has 1 aromatic carbocycles. The number of nitrogens with one attached hydrogen (secondary N) is 3. The Kier molecular flexibility index (Phi) is 3.62. The number of hydrogen-bond donors (Lipinski definition) is 3. The van der Waals surface area contributed by atoms with Gasteiger partial charge in [-0.25, -0.2) is 9.78 Å². The molecule has 0 radical (unpaired) electrons. The number of carbonyl (C=O) groups excluding carboxylic acids is 1. The number of aromatic amines is 1. The van der Waals surface area contributed by atoms with Gasteiger partial charge in [0.15, 0.2) is 5.13 Å². The standard InChI is InChI=1S/C15H16N4OS/c1-9(2)13-8-17-15(21-13)19-14(20)18-12-7-16-11-6-4-3-5-10(11)12/h3-9,16H,1-2H3,(H2,17,18,19,20). The predicted octanol–water partition coefficient (Wildman–Crippen LogP) is 4.39. The summed E-state index contributed by atoms with van der Waals surface area (Å²) in [5.41, 5.74) is 1.74. The molecule has 0 aliphatic carbocycles. The van der Waals surface area contributed by atoms with Crippen molar-refractivity contribution < 1.29 is 4.79 Å². The van der Waals surface area contributed by atoms with Crippen LogP contribution < -0.4 is 10.6 Å². The van der Waals surface area contributed by atoms with Gasteiger partial charge in [-0.2, -0.15) is 0 Å². The van der Waals surface area contributed by atoms with Crippen LogP contribution in [0.5, 0.6) is 0 Å². The van der Waals surface area contributed by atoms with E-state index in [1.807, 2.05) is 24.3 Å². The summed E-state index contributed by atoms with van der Waals surface area (Å²) in [7, 11) is 0. The monoisotopic (exact) mass is 300 g/mol. The van der Waals surface area contributed by atoms with E-state index in [4.69, 9.17) is 0 Å². The van der Waals surface area contributed by atoms with Crippen LogP contribution in [0.25, 0.3) is 10.9 Å². The molecule has 0 aliphatic rings. The van der Waals surface area contributed by atoms with E-state index in [0.717, 1.165) is 21.5 Å². The molecule has 0 fully saturated rings. The number of hydrogen-bond acceptors (Lipinski definition) is 3. The molecular weight excluding hydrogens is 284 g/mol. The van der Waals surface area contributed by atoms with E-state index in [9.17, 15) is 4.79 Å². The first-order valence-electron chi connectivity index (χ1n) is 6.73. The number of H-pyrrole nitrogens is 1. The highest BCUT2D eigenvalue weighted by Crippen LogP contribution is 2.26. The fourth-order valence-electron chi connectivity index (χ4n) is 2.04. The van der Waals surface area contributed by atoms with Gasteiger partial charge in [-0.05, 0) is 12.0 Å². The molecule has 3 aromatic rings. The van der Waals surface area contributed by atoms with Crippen LogP contribution in [0.3, 0.4) is 0 Å². The average Bonchev–Trinajstić information content (AvgIpc) is 3.07. The van der Waals surface area contributed by atoms with Crippen LogP contribution in [0.2, 0.25) is 0 Å². The zero-order valence-electron chi connectivity index (χ0n) is 11.8. The highest BCUT2D eigenvalue weighted by atomic mass is 32.1. The number of urea groups is 1. The molecule has 108 valence electrons. The highest BCUT2D eigenvalue weighted by molar-refractivity contribution is 7.15. The van der Waals surface area contributed by atoms with E-state index in [1.54, 1.807) is 12.4 Å². The van der Waals surface area contributed by atoms with E-state index < -0.39 is 0 Å². The molecule has 0 saturated heterocycles. The van der Waals surface area contributed by atoms with E-state index in [2.05, 4.69) is 34.4 Å². The molecule has 0 spiro atoms. The van der Waals surface area contributed by atoms with E-state index in [1.165, 1.54) is 11.3 Å². The summed E-state index contributed by atoms with van der Waals surface area (Å²) in [5.74, 6) is 0.412. The highest BCUT2D eigenvalue weighted by Gasteiger charge is 2.10. The maximum Gasteiger partial charge on any atom is 0.325 e. The Morgan fingerprint density at radius 2 is 2.10 bits per heavy atom. The van der Waals surface area contributed by atoms with Crippen LogP contribution in [0.15, 0.2) is 36.7 Å². The Hall–Kier alpha value is -2.34. The SMILES string of the molecule is CC(C)c1cnc(NC(=O)Nc2c[nH]c3ccccc23)s1. The van der Waals surface area contributed by atoms with Crippen molar-refractivity contribution in [2.75, 3.05) is 10.6 Å². The first-order chi connectivity index (χ1) is 10.1. The van der Waals surface area contributed by atoms with Gasteiger partial charge in [0.25, 0.3) is 0 Å². The molecule has 2 amide bonds. The summed E-state index contributed by atoms with van der Waals surface area (Å²) in [6, 6.07) is 7.53. The summed E-state index contributed by atoms with van der Waals surface area (Å²) < 4.78 is 0. The third kappa shape index (κ3) is 2.90. The lowest BCUT2D eigenvalue weighted by molar-refractivity contribution is 0.262. The summed E-state index contributed by atoms with van der Waals surface area (Å²) in [6.07, 6.45) is 3.59. The van der Waals surface area contributed by atoms with E-state index >= 15 is 0 Å². The predicted molar refractivity (Wildman–Crippen MR) is 87.1 cm³/mol. The largest absolute Gasteiger partial charge is 0.359 e. The number of para-hydroxylation sites is 1. The van der Waals surface area contributed by atoms with Crippen molar-refractivity contribution in [1.29, 1.82) is 0 Å². The van der Waals surface area contributed by atoms with Crippen LogP contribution in [0, 0.1) is 0 Å². The van der Waals surface area contributed by atoms with Gasteiger partial charge < -0.3 is 10.3 Å². The number of fused-ring (bicyclic) bond motifs is 1. The van der Waals surface area contributed by atoms with Gasteiger partial charge in [0.1, 0.15) is 0 Å². The van der Waals surface area contributed by atoms with Crippen LogP contribution >= 0.6 is 11.3 Å². The van der Waals surface area contributed by atoms with Crippen LogP contribution in [-0.2, 0) is 0 Å². The molecular formula is C15H16N4OS. The Labute approximate surface area is 126 Å². The Morgan fingerprint density at radius 1 is 1.29 bits per heavy atom. The number of benzene rings is 1. The lowest BCUT2D eigenvalue weighted by atomic mass is 10.2. The molecule has 0 atom stereocenters. The molecule has 0 aliphatic heterocycles.